The minimum atomic E-state index is -0.0587. The first-order valence-corrected chi connectivity index (χ1v) is 9.25. The molecule has 1 N–H and O–H groups in total. The number of nitrogens with zero attached hydrogens (tertiary/aromatic N) is 3. The summed E-state index contributed by atoms with van der Waals surface area (Å²) in [6.45, 7) is 10.7. The maximum absolute atomic E-state index is 12.7. The fourth-order valence-corrected chi connectivity index (χ4v) is 3.53. The van der Waals surface area contributed by atoms with Gasteiger partial charge in [-0.1, -0.05) is 6.92 Å². The molecule has 0 saturated carbocycles. The van der Waals surface area contributed by atoms with Gasteiger partial charge in [0.25, 0.3) is 5.91 Å². The van der Waals surface area contributed by atoms with E-state index >= 15 is 0 Å². The Labute approximate surface area is 149 Å². The number of rotatable bonds is 6. The largest absolute Gasteiger partial charge is 0.490 e. The summed E-state index contributed by atoms with van der Waals surface area (Å²) in [5.74, 6) is 1.21. The lowest BCUT2D eigenvalue weighted by Gasteiger charge is -2.31. The molecule has 0 aromatic carbocycles. The van der Waals surface area contributed by atoms with Gasteiger partial charge in [-0.3, -0.25) is 9.20 Å². The van der Waals surface area contributed by atoms with Crippen molar-refractivity contribution in [1.82, 2.24) is 19.6 Å². The molecule has 0 unspecified atom stereocenters. The van der Waals surface area contributed by atoms with E-state index in [1.807, 2.05) is 36.6 Å². The second-order valence-electron chi connectivity index (χ2n) is 6.63. The first kappa shape index (κ1) is 17.7. The predicted octanol–water partition coefficient (Wildman–Crippen LogP) is 2.50. The highest BCUT2D eigenvalue weighted by atomic mass is 16.5. The van der Waals surface area contributed by atoms with E-state index in [1.165, 1.54) is 0 Å². The van der Waals surface area contributed by atoms with Crippen LogP contribution in [0.2, 0.25) is 0 Å². The highest BCUT2D eigenvalue weighted by Gasteiger charge is 2.22. The van der Waals surface area contributed by atoms with Gasteiger partial charge in [-0.05, 0) is 64.4 Å². The molecule has 0 radical (unpaired) electrons. The van der Waals surface area contributed by atoms with E-state index in [1.54, 1.807) is 0 Å². The number of ether oxygens (including phenoxy) is 1. The van der Waals surface area contributed by atoms with Crippen LogP contribution in [0.15, 0.2) is 18.3 Å². The number of aryl methyl sites for hydroxylation is 1. The number of imidazole rings is 1. The molecule has 2 aromatic heterocycles. The second kappa shape index (κ2) is 7.87. The molecule has 136 valence electrons. The molecule has 0 bridgehead atoms. The van der Waals surface area contributed by atoms with Gasteiger partial charge >= 0.3 is 0 Å². The molecule has 1 aliphatic heterocycles. The van der Waals surface area contributed by atoms with Gasteiger partial charge in [0.05, 0.1) is 12.3 Å². The van der Waals surface area contributed by atoms with E-state index in [0.717, 1.165) is 44.7 Å². The van der Waals surface area contributed by atoms with Gasteiger partial charge in [0, 0.05) is 12.7 Å². The Morgan fingerprint density at radius 1 is 1.36 bits per heavy atom. The van der Waals surface area contributed by atoms with Crippen LogP contribution in [0.25, 0.3) is 5.65 Å². The zero-order valence-electron chi connectivity index (χ0n) is 15.4. The Kier molecular flexibility index (Phi) is 5.58. The van der Waals surface area contributed by atoms with Crippen LogP contribution >= 0.6 is 0 Å². The zero-order chi connectivity index (χ0) is 17.8. The number of hydrogen-bond donors (Lipinski definition) is 1. The Hall–Kier alpha value is -2.08. The van der Waals surface area contributed by atoms with E-state index in [0.29, 0.717) is 29.6 Å². The van der Waals surface area contributed by atoms with E-state index in [2.05, 4.69) is 22.1 Å². The standard InChI is InChI=1S/C19H28N4O2/c1-4-22-11-8-15(9-12-22)13-20-19(24)17-14(3)21-18-16(25-5-2)7-6-10-23(17)18/h6-7,10,15H,4-5,8-9,11-13H2,1-3H3,(H,20,24). The van der Waals surface area contributed by atoms with Crippen molar-refractivity contribution in [3.8, 4) is 5.75 Å². The number of piperidine rings is 1. The Morgan fingerprint density at radius 3 is 2.80 bits per heavy atom. The Bertz CT molecular complexity index is 732. The maximum Gasteiger partial charge on any atom is 0.270 e. The van der Waals surface area contributed by atoms with Crippen molar-refractivity contribution in [2.45, 2.75) is 33.6 Å². The molecule has 6 heteroatoms. The third kappa shape index (κ3) is 3.79. The number of pyridine rings is 1. The number of amides is 1. The molecule has 6 nitrogen and oxygen atoms in total. The first-order valence-electron chi connectivity index (χ1n) is 9.25. The summed E-state index contributed by atoms with van der Waals surface area (Å²) in [4.78, 5) is 19.7. The lowest BCUT2D eigenvalue weighted by molar-refractivity contribution is 0.0930. The van der Waals surface area contributed by atoms with Gasteiger partial charge in [0.1, 0.15) is 5.69 Å². The quantitative estimate of drug-likeness (QED) is 0.875. The van der Waals surface area contributed by atoms with Crippen molar-refractivity contribution < 1.29 is 9.53 Å². The molecule has 1 saturated heterocycles. The molecule has 2 aromatic rings. The van der Waals surface area contributed by atoms with Crippen molar-refractivity contribution >= 4 is 11.6 Å². The molecule has 0 aliphatic carbocycles. The molecule has 1 aliphatic rings. The average Bonchev–Trinajstić information content (AvgIpc) is 2.97. The summed E-state index contributed by atoms with van der Waals surface area (Å²) in [5.41, 5.74) is 2.02. The highest BCUT2D eigenvalue weighted by Crippen LogP contribution is 2.22. The van der Waals surface area contributed by atoms with Gasteiger partial charge < -0.3 is 15.0 Å². The fraction of sp³-hybridized carbons (Fsp3) is 0.579. The van der Waals surface area contributed by atoms with E-state index in [-0.39, 0.29) is 5.91 Å². The third-order valence-corrected chi connectivity index (χ3v) is 5.01. The van der Waals surface area contributed by atoms with Gasteiger partial charge in [-0.25, -0.2) is 4.98 Å². The highest BCUT2D eigenvalue weighted by molar-refractivity contribution is 5.95. The smallest absolute Gasteiger partial charge is 0.270 e. The van der Waals surface area contributed by atoms with Crippen molar-refractivity contribution in [3.63, 3.8) is 0 Å². The Morgan fingerprint density at radius 2 is 2.12 bits per heavy atom. The summed E-state index contributed by atoms with van der Waals surface area (Å²) in [6, 6.07) is 3.77. The lowest BCUT2D eigenvalue weighted by Crippen LogP contribution is -2.38. The van der Waals surface area contributed by atoms with Crippen LogP contribution in [-0.2, 0) is 0 Å². The van der Waals surface area contributed by atoms with Crippen molar-refractivity contribution in [3.05, 3.63) is 29.7 Å². The summed E-state index contributed by atoms with van der Waals surface area (Å²) >= 11 is 0. The number of hydrogen-bond acceptors (Lipinski definition) is 4. The predicted molar refractivity (Wildman–Crippen MR) is 98.3 cm³/mol. The molecule has 3 heterocycles. The van der Waals surface area contributed by atoms with Crippen LogP contribution < -0.4 is 10.1 Å². The monoisotopic (exact) mass is 344 g/mol. The summed E-state index contributed by atoms with van der Waals surface area (Å²) < 4.78 is 7.45. The molecular weight excluding hydrogens is 316 g/mol. The average molecular weight is 344 g/mol. The summed E-state index contributed by atoms with van der Waals surface area (Å²) in [7, 11) is 0. The maximum atomic E-state index is 12.7. The molecule has 3 rings (SSSR count). The molecule has 0 spiro atoms. The normalized spacial score (nSPS) is 16.3. The number of likely N-dealkylation sites (tertiary alicyclic amines) is 1. The number of aromatic nitrogens is 2. The van der Waals surface area contributed by atoms with Crippen molar-refractivity contribution in [1.29, 1.82) is 0 Å². The summed E-state index contributed by atoms with van der Waals surface area (Å²) in [5, 5.41) is 3.11. The van der Waals surface area contributed by atoms with Crippen LogP contribution in [0, 0.1) is 12.8 Å². The van der Waals surface area contributed by atoms with Gasteiger partial charge in [-0.15, -0.1) is 0 Å². The van der Waals surface area contributed by atoms with Crippen LogP contribution in [0.4, 0.5) is 0 Å². The van der Waals surface area contributed by atoms with Crippen molar-refractivity contribution in [2.75, 3.05) is 32.8 Å². The van der Waals surface area contributed by atoms with Gasteiger partial charge in [-0.2, -0.15) is 0 Å². The fourth-order valence-electron chi connectivity index (χ4n) is 3.53. The molecule has 25 heavy (non-hydrogen) atoms. The van der Waals surface area contributed by atoms with Gasteiger partial charge in [0.2, 0.25) is 0 Å². The third-order valence-electron chi connectivity index (χ3n) is 5.01. The number of carbonyl (C=O) groups excluding carboxylic acids is 1. The van der Waals surface area contributed by atoms with Crippen LogP contribution in [0.5, 0.6) is 5.75 Å². The minimum Gasteiger partial charge on any atom is -0.490 e. The zero-order valence-corrected chi connectivity index (χ0v) is 15.4. The lowest BCUT2D eigenvalue weighted by atomic mass is 9.97. The van der Waals surface area contributed by atoms with Crippen LogP contribution in [0.3, 0.4) is 0 Å². The second-order valence-corrected chi connectivity index (χ2v) is 6.63. The minimum absolute atomic E-state index is 0.0587. The van der Waals surface area contributed by atoms with Gasteiger partial charge in [0.15, 0.2) is 11.4 Å². The first-order chi connectivity index (χ1) is 12.1. The SMILES string of the molecule is CCOc1cccn2c(C(=O)NCC3CCN(CC)CC3)c(C)nc12. The van der Waals surface area contributed by atoms with Crippen LogP contribution in [0.1, 0.15) is 42.9 Å². The topological polar surface area (TPSA) is 58.9 Å². The number of fused-ring (bicyclic) bond motifs is 1. The number of nitrogens with one attached hydrogen (secondary N) is 1. The Balaban J connectivity index is 1.70. The van der Waals surface area contributed by atoms with Crippen molar-refractivity contribution in [2.24, 2.45) is 5.92 Å². The van der Waals surface area contributed by atoms with E-state index in [9.17, 15) is 4.79 Å². The molecule has 0 atom stereocenters. The summed E-state index contributed by atoms with van der Waals surface area (Å²) in [6.07, 6.45) is 4.16. The van der Waals surface area contributed by atoms with Crippen LogP contribution in [-0.4, -0.2) is 53.0 Å². The molecular formula is C19H28N4O2. The molecule has 1 fully saturated rings. The van der Waals surface area contributed by atoms with E-state index in [4.69, 9.17) is 4.74 Å². The van der Waals surface area contributed by atoms with E-state index < -0.39 is 0 Å². The molecule has 1 amide bonds. The number of carbonyl (C=O) groups is 1.